The maximum absolute atomic E-state index is 13.8. The summed E-state index contributed by atoms with van der Waals surface area (Å²) in [5, 5.41) is 4.33. The third-order valence-electron chi connectivity index (χ3n) is 8.50. The number of nitrogens with zero attached hydrogens (tertiary/aromatic N) is 2. The van der Waals surface area contributed by atoms with Crippen LogP contribution >= 0.6 is 0 Å². The number of ketones is 1. The lowest BCUT2D eigenvalue weighted by Crippen LogP contribution is -2.09. The van der Waals surface area contributed by atoms with Gasteiger partial charge in [0.1, 0.15) is 5.76 Å². The van der Waals surface area contributed by atoms with Gasteiger partial charge in [0.25, 0.3) is 0 Å². The van der Waals surface area contributed by atoms with Gasteiger partial charge in [-0.15, -0.1) is 0 Å². The Balaban J connectivity index is 1.29. The number of hydrogen-bond donors (Lipinski definition) is 0. The summed E-state index contributed by atoms with van der Waals surface area (Å²) in [4.78, 5) is 13.8. The van der Waals surface area contributed by atoms with Crippen molar-refractivity contribution in [2.24, 2.45) is 14.1 Å². The fourth-order valence-electron chi connectivity index (χ4n) is 6.29. The molecule has 0 amide bonds. The molecule has 0 aliphatic rings. The number of allylic oxidation sites excluding steroid dienone is 3. The van der Waals surface area contributed by atoms with E-state index in [2.05, 4.69) is 33.4 Å². The largest absolute Gasteiger partial charge is 0.796 e. The predicted molar refractivity (Wildman–Crippen MR) is 186 cm³/mol. The van der Waals surface area contributed by atoms with Gasteiger partial charge in [0.15, 0.2) is 5.78 Å². The fourth-order valence-corrected chi connectivity index (χ4v) is 6.29. The molecule has 0 unspecified atom stereocenters. The van der Waals surface area contributed by atoms with Crippen LogP contribution in [0.5, 0.6) is 0 Å². The summed E-state index contributed by atoms with van der Waals surface area (Å²) >= 11 is 0. The van der Waals surface area contributed by atoms with Gasteiger partial charge in [-0.1, -0.05) is 91.0 Å². The highest BCUT2D eigenvalue weighted by Crippen LogP contribution is 2.31. The Bertz CT molecular complexity index is 2360. The lowest BCUT2D eigenvalue weighted by atomic mass is 9.98. The monoisotopic (exact) mass is 606 g/mol. The van der Waals surface area contributed by atoms with Crippen LogP contribution in [0, 0.1) is 0 Å². The molecule has 2 aromatic heterocycles. The Morgan fingerprint density at radius 2 is 1.09 bits per heavy atom. The van der Waals surface area contributed by atoms with E-state index in [1.54, 1.807) is 36.4 Å². The van der Waals surface area contributed by atoms with E-state index >= 15 is 0 Å². The molecule has 0 aliphatic heterocycles. The van der Waals surface area contributed by atoms with Crippen molar-refractivity contribution in [3.8, 4) is 0 Å². The molecular weight excluding hydrogens is 577 g/mol. The number of aryl methyl sites for hydroxylation is 2. The van der Waals surface area contributed by atoms with Crippen LogP contribution in [0.3, 0.4) is 0 Å². The molecule has 0 radical (unpaired) electrons. The van der Waals surface area contributed by atoms with Crippen molar-refractivity contribution in [1.82, 2.24) is 9.13 Å². The Labute approximate surface area is 265 Å². The van der Waals surface area contributed by atoms with Crippen LogP contribution in [0.15, 0.2) is 133 Å². The van der Waals surface area contributed by atoms with Crippen molar-refractivity contribution in [2.75, 3.05) is 0 Å². The first-order valence-corrected chi connectivity index (χ1v) is 15.0. The molecule has 0 N–H and O–H groups in total. The zero-order valence-corrected chi connectivity index (χ0v) is 25.3. The first kappa shape index (κ1) is 29.0. The molecule has 0 atom stereocenters. The molecular formula is C39H29BF2N2O2. The van der Waals surface area contributed by atoms with Gasteiger partial charge in [0, 0.05) is 57.7 Å². The zero-order valence-electron chi connectivity index (χ0n) is 25.3. The summed E-state index contributed by atoms with van der Waals surface area (Å²) < 4.78 is 37.0. The first-order chi connectivity index (χ1) is 22.4. The minimum Gasteiger partial charge on any atom is -0.505 e. The van der Waals surface area contributed by atoms with Crippen molar-refractivity contribution in [2.45, 2.75) is 0 Å². The second kappa shape index (κ2) is 12.0. The number of para-hydroxylation sites is 2. The molecule has 4 nitrogen and oxygen atoms in total. The predicted octanol–water partition coefficient (Wildman–Crippen LogP) is 9.62. The van der Waals surface area contributed by atoms with E-state index < -0.39 is 13.3 Å². The Morgan fingerprint density at radius 1 is 0.609 bits per heavy atom. The van der Waals surface area contributed by atoms with Crippen LogP contribution < -0.4 is 0 Å². The van der Waals surface area contributed by atoms with E-state index in [0.717, 1.165) is 54.7 Å². The molecule has 0 bridgehead atoms. The van der Waals surface area contributed by atoms with Gasteiger partial charge in [0.05, 0.1) is 5.57 Å². The smallest absolute Gasteiger partial charge is 0.505 e. The first-order valence-electron chi connectivity index (χ1n) is 15.0. The molecule has 7 heteroatoms. The average molecular weight is 606 g/mol. The van der Waals surface area contributed by atoms with Crippen LogP contribution in [0.4, 0.5) is 8.63 Å². The van der Waals surface area contributed by atoms with E-state index in [1.165, 1.54) is 12.2 Å². The fraction of sp³-hybridized carbons (Fsp3) is 0.0513. The summed E-state index contributed by atoms with van der Waals surface area (Å²) in [5.74, 6) is -0.660. The summed E-state index contributed by atoms with van der Waals surface area (Å²) in [6, 6.07) is 37.0. The molecule has 0 spiro atoms. The third-order valence-corrected chi connectivity index (χ3v) is 8.50. The van der Waals surface area contributed by atoms with E-state index in [0.29, 0.717) is 5.56 Å². The number of carbonyl (C=O) groups excluding carboxylic acids is 1. The van der Waals surface area contributed by atoms with Crippen molar-refractivity contribution in [3.63, 3.8) is 0 Å². The van der Waals surface area contributed by atoms with E-state index in [9.17, 15) is 13.4 Å². The second-order valence-corrected chi connectivity index (χ2v) is 11.2. The number of carbonyl (C=O) groups is 1. The molecule has 0 saturated carbocycles. The van der Waals surface area contributed by atoms with Crippen LogP contribution in [-0.2, 0) is 23.5 Å². The number of hydrogen-bond acceptors (Lipinski definition) is 2. The number of rotatable bonds is 8. The van der Waals surface area contributed by atoms with Gasteiger partial charge < -0.3 is 13.8 Å². The second-order valence-electron chi connectivity index (χ2n) is 11.2. The summed E-state index contributed by atoms with van der Waals surface area (Å²) in [5.41, 5.74) is 6.49. The summed E-state index contributed by atoms with van der Waals surface area (Å²) in [6.07, 6.45) is 6.28. The third kappa shape index (κ3) is 5.30. The van der Waals surface area contributed by atoms with Crippen LogP contribution in [0.25, 0.3) is 61.3 Å². The Hall–Kier alpha value is -5.69. The SMILES string of the molecule is Cn1c2ccccc2c2cc(/C=C/C(=O)/C(=C(/C=C/c3ccc4c(c3)c3ccccc3n4C)OB(F)F)c3ccccc3)ccc21. The van der Waals surface area contributed by atoms with Crippen LogP contribution in [0.2, 0.25) is 0 Å². The molecule has 7 aromatic rings. The Morgan fingerprint density at radius 3 is 1.63 bits per heavy atom. The van der Waals surface area contributed by atoms with E-state index in [4.69, 9.17) is 4.65 Å². The highest BCUT2D eigenvalue weighted by atomic mass is 19.2. The van der Waals surface area contributed by atoms with E-state index in [-0.39, 0.29) is 11.3 Å². The topological polar surface area (TPSA) is 36.2 Å². The highest BCUT2D eigenvalue weighted by Gasteiger charge is 2.24. The molecule has 2 heterocycles. The number of benzene rings is 5. The molecule has 7 rings (SSSR count). The van der Waals surface area contributed by atoms with Gasteiger partial charge in [-0.3, -0.25) is 4.79 Å². The number of fused-ring (bicyclic) bond motifs is 6. The number of aromatic nitrogens is 2. The van der Waals surface area contributed by atoms with Crippen LogP contribution in [-0.4, -0.2) is 22.4 Å². The molecule has 5 aromatic carbocycles. The van der Waals surface area contributed by atoms with Crippen molar-refractivity contribution < 1.29 is 18.1 Å². The summed E-state index contributed by atoms with van der Waals surface area (Å²) in [7, 11) is 0.922. The van der Waals surface area contributed by atoms with Gasteiger partial charge in [-0.25, -0.2) is 8.63 Å². The normalized spacial score (nSPS) is 12.6. The van der Waals surface area contributed by atoms with Gasteiger partial charge in [-0.2, -0.15) is 0 Å². The van der Waals surface area contributed by atoms with Gasteiger partial charge in [-0.05, 0) is 65.2 Å². The molecule has 224 valence electrons. The van der Waals surface area contributed by atoms with Crippen molar-refractivity contribution in [1.29, 1.82) is 0 Å². The van der Waals surface area contributed by atoms with Crippen molar-refractivity contribution >= 4 is 74.6 Å². The minimum atomic E-state index is -3.12. The summed E-state index contributed by atoms with van der Waals surface area (Å²) in [6.45, 7) is 0. The quantitative estimate of drug-likeness (QED) is 0.0748. The molecule has 0 aliphatic carbocycles. The van der Waals surface area contributed by atoms with Crippen LogP contribution in [0.1, 0.15) is 16.7 Å². The molecule has 0 saturated heterocycles. The lowest BCUT2D eigenvalue weighted by molar-refractivity contribution is -0.109. The van der Waals surface area contributed by atoms with Crippen molar-refractivity contribution in [3.05, 3.63) is 150 Å². The Kier molecular flexibility index (Phi) is 7.59. The van der Waals surface area contributed by atoms with Gasteiger partial charge in [0.2, 0.25) is 0 Å². The minimum absolute atomic E-state index is 0.0471. The maximum Gasteiger partial charge on any atom is 0.796 e. The average Bonchev–Trinajstić information content (AvgIpc) is 3.53. The zero-order chi connectivity index (χ0) is 31.8. The van der Waals surface area contributed by atoms with E-state index in [1.807, 2.05) is 80.8 Å². The highest BCUT2D eigenvalue weighted by molar-refractivity contribution is 6.36. The number of halogens is 2. The molecule has 46 heavy (non-hydrogen) atoms. The standard InChI is InChI=1S/C39H29BF2N2O2/c1-43-33-14-8-6-12-29(33)31-24-26(16-20-35(31)43)18-22-37(45)39(28-10-4-3-5-11-28)38(46-40(41)42)23-19-27-17-21-36-32(25-27)30-13-7-9-15-34(30)44(36)2/h3-25H,1-2H3/b22-18+,23-19+,39-38-. The molecule has 0 fully saturated rings. The maximum atomic E-state index is 13.8. The van der Waals surface area contributed by atoms with Gasteiger partial charge >= 0.3 is 7.47 Å². The lowest BCUT2D eigenvalue weighted by Gasteiger charge is -2.12.